The van der Waals surface area contributed by atoms with Gasteiger partial charge in [-0.1, -0.05) is 5.21 Å². The summed E-state index contributed by atoms with van der Waals surface area (Å²) in [6.07, 6.45) is 2.59. The van der Waals surface area contributed by atoms with Crippen LogP contribution in [0.5, 0.6) is 0 Å². The van der Waals surface area contributed by atoms with Crippen molar-refractivity contribution in [3.8, 4) is 0 Å². The smallest absolute Gasteiger partial charge is 0.0846 e. The number of aromatic nitrogens is 4. The van der Waals surface area contributed by atoms with Gasteiger partial charge in [-0.3, -0.25) is 4.68 Å². The number of thiazole rings is 1. The number of rotatable bonds is 3. The minimum atomic E-state index is -0.0331. The normalized spacial score (nSPS) is 13.0. The van der Waals surface area contributed by atoms with Crippen LogP contribution in [0.3, 0.4) is 0 Å². The van der Waals surface area contributed by atoms with Gasteiger partial charge in [0.2, 0.25) is 0 Å². The molecule has 0 saturated carbocycles. The van der Waals surface area contributed by atoms with Crippen LogP contribution in [-0.4, -0.2) is 20.0 Å². The Hall–Kier alpha value is -1.27. The maximum Gasteiger partial charge on any atom is 0.0846 e. The molecule has 2 N–H and O–H groups in total. The molecule has 0 amide bonds. The van der Waals surface area contributed by atoms with E-state index in [1.54, 1.807) is 16.0 Å². The zero-order valence-corrected chi connectivity index (χ0v) is 9.53. The molecule has 0 aromatic carbocycles. The standard InChI is InChI=1S/C9H13N5S/c1-6-9(15-5-11-6)8(10)3-7-4-14(2)13-12-7/h4-5,8H,3,10H2,1-2H3. The quantitative estimate of drug-likeness (QED) is 0.836. The second-order valence-electron chi connectivity index (χ2n) is 3.50. The molecule has 2 aromatic heterocycles. The van der Waals surface area contributed by atoms with Crippen molar-refractivity contribution in [2.75, 3.05) is 0 Å². The summed E-state index contributed by atoms with van der Waals surface area (Å²) in [6.45, 7) is 1.97. The summed E-state index contributed by atoms with van der Waals surface area (Å²) < 4.78 is 1.68. The third-order valence-corrected chi connectivity index (χ3v) is 3.26. The Bertz CT molecular complexity index is 447. The van der Waals surface area contributed by atoms with E-state index < -0.39 is 0 Å². The van der Waals surface area contributed by atoms with Gasteiger partial charge in [0.25, 0.3) is 0 Å². The summed E-state index contributed by atoms with van der Waals surface area (Å²) in [5.74, 6) is 0. The molecule has 0 radical (unpaired) electrons. The average molecular weight is 223 g/mol. The Kier molecular flexibility index (Phi) is 2.79. The Morgan fingerprint density at radius 3 is 2.93 bits per heavy atom. The molecule has 0 spiro atoms. The highest BCUT2D eigenvalue weighted by atomic mass is 32.1. The largest absolute Gasteiger partial charge is 0.323 e. The lowest BCUT2D eigenvalue weighted by atomic mass is 10.1. The van der Waals surface area contributed by atoms with E-state index in [1.807, 2.05) is 25.7 Å². The summed E-state index contributed by atoms with van der Waals surface area (Å²) in [5.41, 5.74) is 9.82. The molecule has 0 bridgehead atoms. The van der Waals surface area contributed by atoms with Gasteiger partial charge in [-0.2, -0.15) is 0 Å². The molecular weight excluding hydrogens is 210 g/mol. The lowest BCUT2D eigenvalue weighted by Gasteiger charge is -2.07. The van der Waals surface area contributed by atoms with Gasteiger partial charge in [0.05, 0.1) is 16.9 Å². The maximum atomic E-state index is 6.07. The van der Waals surface area contributed by atoms with Crippen LogP contribution in [-0.2, 0) is 13.5 Å². The van der Waals surface area contributed by atoms with Crippen molar-refractivity contribution in [3.05, 3.63) is 28.0 Å². The lowest BCUT2D eigenvalue weighted by Crippen LogP contribution is -2.13. The first-order valence-electron chi connectivity index (χ1n) is 4.67. The van der Waals surface area contributed by atoms with E-state index in [4.69, 9.17) is 5.73 Å². The van der Waals surface area contributed by atoms with Crippen LogP contribution < -0.4 is 5.73 Å². The zero-order chi connectivity index (χ0) is 10.8. The van der Waals surface area contributed by atoms with Gasteiger partial charge in [-0.05, 0) is 6.92 Å². The monoisotopic (exact) mass is 223 g/mol. The van der Waals surface area contributed by atoms with Crippen molar-refractivity contribution in [2.24, 2.45) is 12.8 Å². The summed E-state index contributed by atoms with van der Waals surface area (Å²) in [4.78, 5) is 5.31. The molecule has 1 atom stereocenters. The molecule has 1 unspecified atom stereocenters. The SMILES string of the molecule is Cc1ncsc1C(N)Cc1cn(C)nn1. The molecule has 2 aromatic rings. The molecule has 0 saturated heterocycles. The van der Waals surface area contributed by atoms with E-state index in [9.17, 15) is 0 Å². The van der Waals surface area contributed by atoms with E-state index in [0.29, 0.717) is 6.42 Å². The highest BCUT2D eigenvalue weighted by Crippen LogP contribution is 2.22. The fourth-order valence-electron chi connectivity index (χ4n) is 1.47. The summed E-state index contributed by atoms with van der Waals surface area (Å²) in [7, 11) is 1.85. The molecule has 2 heterocycles. The minimum Gasteiger partial charge on any atom is -0.323 e. The average Bonchev–Trinajstić information content (AvgIpc) is 2.75. The molecule has 0 aliphatic carbocycles. The third kappa shape index (κ3) is 2.21. The third-order valence-electron chi connectivity index (χ3n) is 2.20. The first kappa shape index (κ1) is 10.3. The van der Waals surface area contributed by atoms with Crippen LogP contribution in [0.25, 0.3) is 0 Å². The molecule has 0 fully saturated rings. The molecule has 2 rings (SSSR count). The summed E-state index contributed by atoms with van der Waals surface area (Å²) >= 11 is 1.59. The number of aryl methyl sites for hydroxylation is 2. The van der Waals surface area contributed by atoms with E-state index in [-0.39, 0.29) is 6.04 Å². The van der Waals surface area contributed by atoms with Gasteiger partial charge in [0, 0.05) is 30.6 Å². The predicted octanol–water partition coefficient (Wildman–Crippen LogP) is 0.823. The van der Waals surface area contributed by atoms with Crippen LogP contribution in [0.1, 0.15) is 22.3 Å². The van der Waals surface area contributed by atoms with Crippen molar-refractivity contribution in [1.29, 1.82) is 0 Å². The number of nitrogens with zero attached hydrogens (tertiary/aromatic N) is 4. The first-order valence-corrected chi connectivity index (χ1v) is 5.55. The van der Waals surface area contributed by atoms with E-state index in [0.717, 1.165) is 16.3 Å². The molecule has 15 heavy (non-hydrogen) atoms. The van der Waals surface area contributed by atoms with Gasteiger partial charge in [0.15, 0.2) is 0 Å². The fraction of sp³-hybridized carbons (Fsp3) is 0.444. The van der Waals surface area contributed by atoms with E-state index in [1.165, 1.54) is 0 Å². The van der Waals surface area contributed by atoms with Gasteiger partial charge < -0.3 is 5.73 Å². The Labute approximate surface area is 91.9 Å². The van der Waals surface area contributed by atoms with Crippen molar-refractivity contribution >= 4 is 11.3 Å². The van der Waals surface area contributed by atoms with E-state index >= 15 is 0 Å². The number of nitrogens with two attached hydrogens (primary N) is 1. The summed E-state index contributed by atoms with van der Waals surface area (Å²) in [5, 5.41) is 7.88. The van der Waals surface area contributed by atoms with Crippen LogP contribution in [0.15, 0.2) is 11.7 Å². The molecule has 0 aliphatic heterocycles. The topological polar surface area (TPSA) is 69.6 Å². The minimum absolute atomic E-state index is 0.0331. The maximum absolute atomic E-state index is 6.07. The Balaban J connectivity index is 2.10. The van der Waals surface area contributed by atoms with E-state index in [2.05, 4.69) is 15.3 Å². The number of hydrogen-bond acceptors (Lipinski definition) is 5. The molecule has 80 valence electrons. The van der Waals surface area contributed by atoms with Gasteiger partial charge >= 0.3 is 0 Å². The van der Waals surface area contributed by atoms with Crippen molar-refractivity contribution in [1.82, 2.24) is 20.0 Å². The molecule has 0 aliphatic rings. The fourth-order valence-corrected chi connectivity index (χ4v) is 2.28. The predicted molar refractivity (Wildman–Crippen MR) is 58.5 cm³/mol. The first-order chi connectivity index (χ1) is 7.16. The van der Waals surface area contributed by atoms with Crippen LogP contribution in [0.2, 0.25) is 0 Å². The van der Waals surface area contributed by atoms with Gasteiger partial charge in [-0.25, -0.2) is 4.98 Å². The summed E-state index contributed by atoms with van der Waals surface area (Å²) in [6, 6.07) is -0.0331. The highest BCUT2D eigenvalue weighted by molar-refractivity contribution is 7.09. The van der Waals surface area contributed by atoms with Crippen LogP contribution in [0.4, 0.5) is 0 Å². The van der Waals surface area contributed by atoms with Crippen molar-refractivity contribution in [3.63, 3.8) is 0 Å². The second-order valence-corrected chi connectivity index (χ2v) is 4.38. The molecular formula is C9H13N5S. The molecule has 5 nitrogen and oxygen atoms in total. The van der Waals surface area contributed by atoms with Gasteiger partial charge in [0.1, 0.15) is 0 Å². The molecule has 6 heteroatoms. The number of hydrogen-bond donors (Lipinski definition) is 1. The zero-order valence-electron chi connectivity index (χ0n) is 8.71. The lowest BCUT2D eigenvalue weighted by molar-refractivity contribution is 0.697. The Morgan fingerprint density at radius 1 is 1.60 bits per heavy atom. The van der Waals surface area contributed by atoms with Crippen molar-refractivity contribution < 1.29 is 0 Å². The Morgan fingerprint density at radius 2 is 2.40 bits per heavy atom. The van der Waals surface area contributed by atoms with Crippen LogP contribution in [0, 0.1) is 6.92 Å². The van der Waals surface area contributed by atoms with Crippen molar-refractivity contribution in [2.45, 2.75) is 19.4 Å². The highest BCUT2D eigenvalue weighted by Gasteiger charge is 2.13. The second kappa shape index (κ2) is 4.08. The van der Waals surface area contributed by atoms with Gasteiger partial charge in [-0.15, -0.1) is 16.4 Å². The van der Waals surface area contributed by atoms with Crippen LogP contribution >= 0.6 is 11.3 Å².